The molecule has 0 spiro atoms. The molecule has 0 bridgehead atoms. The molecular weight excluding hydrogens is 330 g/mol. The van der Waals surface area contributed by atoms with Gasteiger partial charge in [-0.15, -0.1) is 0 Å². The molecule has 0 aromatic heterocycles. The second-order valence-corrected chi connectivity index (χ2v) is 8.10. The number of nitrogens with zero attached hydrogens (tertiary/aromatic N) is 3. The lowest BCUT2D eigenvalue weighted by molar-refractivity contribution is -0.385. The lowest BCUT2D eigenvalue weighted by Gasteiger charge is -2.33. The van der Waals surface area contributed by atoms with Crippen LogP contribution in [-0.2, 0) is 10.0 Å². The third kappa shape index (κ3) is 4.19. The van der Waals surface area contributed by atoms with E-state index >= 15 is 0 Å². The van der Waals surface area contributed by atoms with Crippen molar-refractivity contribution >= 4 is 15.7 Å². The summed E-state index contributed by atoms with van der Waals surface area (Å²) in [6.45, 7) is 8.61. The Hall–Kier alpha value is -1.77. The van der Waals surface area contributed by atoms with Crippen LogP contribution in [0, 0.1) is 17.0 Å². The van der Waals surface area contributed by atoms with Gasteiger partial charge in [-0.1, -0.05) is 17.7 Å². The van der Waals surface area contributed by atoms with Gasteiger partial charge in [-0.05, 0) is 26.3 Å². The van der Waals surface area contributed by atoms with Gasteiger partial charge in [0.1, 0.15) is 0 Å². The van der Waals surface area contributed by atoms with Gasteiger partial charge in [0.2, 0.25) is 10.0 Å². The molecule has 132 valence electrons. The Morgan fingerprint density at radius 1 is 1.25 bits per heavy atom. The highest BCUT2D eigenvalue weighted by Crippen LogP contribution is 2.25. The number of piperazine rings is 1. The quantitative estimate of drug-likeness (QED) is 0.460. The smallest absolute Gasteiger partial charge is 0.270 e. The van der Waals surface area contributed by atoms with Gasteiger partial charge < -0.3 is 0 Å². The Labute approximate surface area is 142 Å². The number of non-ortho nitro benzene ring substituents is 1. The molecule has 0 amide bonds. The van der Waals surface area contributed by atoms with Crippen molar-refractivity contribution < 1.29 is 13.3 Å². The van der Waals surface area contributed by atoms with E-state index in [-0.39, 0.29) is 10.6 Å². The van der Waals surface area contributed by atoms with Crippen LogP contribution < -0.4 is 0 Å². The van der Waals surface area contributed by atoms with Gasteiger partial charge in [0.15, 0.2) is 0 Å². The SMILES string of the molecule is CC(C)=CCN1CCN(S(=O)(=O)c2cc([N+](=O)[O-])ccc2C)CC1. The third-order valence-corrected chi connectivity index (χ3v) is 6.13. The van der Waals surface area contributed by atoms with Crippen LogP contribution in [0.1, 0.15) is 19.4 Å². The summed E-state index contributed by atoms with van der Waals surface area (Å²) in [5, 5.41) is 10.9. The molecule has 7 nitrogen and oxygen atoms in total. The van der Waals surface area contributed by atoms with Crippen LogP contribution in [-0.4, -0.2) is 55.3 Å². The van der Waals surface area contributed by atoms with Gasteiger partial charge in [0.05, 0.1) is 9.82 Å². The van der Waals surface area contributed by atoms with Crippen molar-refractivity contribution in [3.05, 3.63) is 45.5 Å². The van der Waals surface area contributed by atoms with Crippen molar-refractivity contribution in [1.82, 2.24) is 9.21 Å². The summed E-state index contributed by atoms with van der Waals surface area (Å²) in [5.41, 5.74) is 1.55. The van der Waals surface area contributed by atoms with Crippen molar-refractivity contribution in [2.45, 2.75) is 25.7 Å². The monoisotopic (exact) mass is 353 g/mol. The van der Waals surface area contributed by atoms with Crippen molar-refractivity contribution in [1.29, 1.82) is 0 Å². The van der Waals surface area contributed by atoms with Crippen molar-refractivity contribution in [2.24, 2.45) is 0 Å². The average molecular weight is 353 g/mol. The second-order valence-electron chi connectivity index (χ2n) is 6.19. The first-order valence-corrected chi connectivity index (χ1v) is 9.26. The molecule has 1 aliphatic rings. The molecule has 1 aromatic carbocycles. The maximum absolute atomic E-state index is 12.8. The summed E-state index contributed by atoms with van der Waals surface area (Å²) in [4.78, 5) is 12.6. The summed E-state index contributed by atoms with van der Waals surface area (Å²) in [6.07, 6.45) is 2.12. The van der Waals surface area contributed by atoms with Gasteiger partial charge in [0, 0.05) is 44.9 Å². The summed E-state index contributed by atoms with van der Waals surface area (Å²) in [7, 11) is -3.72. The van der Waals surface area contributed by atoms with Gasteiger partial charge in [-0.3, -0.25) is 15.0 Å². The van der Waals surface area contributed by atoms with Crippen molar-refractivity contribution in [3.8, 4) is 0 Å². The zero-order chi connectivity index (χ0) is 17.9. The fraction of sp³-hybridized carbons (Fsp3) is 0.500. The lowest BCUT2D eigenvalue weighted by Crippen LogP contribution is -2.48. The van der Waals surface area contributed by atoms with Crippen molar-refractivity contribution in [3.63, 3.8) is 0 Å². The minimum atomic E-state index is -3.72. The first-order valence-electron chi connectivity index (χ1n) is 7.82. The molecular formula is C16H23N3O4S. The Kier molecular flexibility index (Phi) is 5.74. The van der Waals surface area contributed by atoms with Gasteiger partial charge in [-0.25, -0.2) is 8.42 Å². The number of nitro benzene ring substituents is 1. The number of hydrogen-bond acceptors (Lipinski definition) is 5. The predicted molar refractivity (Wildman–Crippen MR) is 92.5 cm³/mol. The van der Waals surface area contributed by atoms with E-state index in [9.17, 15) is 18.5 Å². The minimum absolute atomic E-state index is 0.0226. The summed E-state index contributed by atoms with van der Waals surface area (Å²) in [5.74, 6) is 0. The lowest BCUT2D eigenvalue weighted by atomic mass is 10.2. The molecule has 1 saturated heterocycles. The van der Waals surface area contributed by atoms with E-state index in [1.807, 2.05) is 13.8 Å². The van der Waals surface area contributed by atoms with Crippen LogP contribution in [0.3, 0.4) is 0 Å². The van der Waals surface area contributed by atoms with E-state index in [2.05, 4.69) is 11.0 Å². The largest absolute Gasteiger partial charge is 0.297 e. The Morgan fingerprint density at radius 2 is 1.88 bits per heavy atom. The fourth-order valence-electron chi connectivity index (χ4n) is 2.58. The number of sulfonamides is 1. The van der Waals surface area contributed by atoms with Crippen LogP contribution in [0.2, 0.25) is 0 Å². The highest BCUT2D eigenvalue weighted by molar-refractivity contribution is 7.89. The summed E-state index contributed by atoms with van der Waals surface area (Å²) < 4.78 is 27.1. The standard InChI is InChI=1S/C16H23N3O4S/c1-13(2)6-7-17-8-10-18(11-9-17)24(22,23)16-12-15(19(20)21)5-4-14(16)3/h4-6,12H,7-11H2,1-3H3. The van der Waals surface area contributed by atoms with E-state index in [0.29, 0.717) is 31.7 Å². The highest BCUT2D eigenvalue weighted by atomic mass is 32.2. The van der Waals surface area contributed by atoms with E-state index in [4.69, 9.17) is 0 Å². The number of benzene rings is 1. The second kappa shape index (κ2) is 7.42. The van der Waals surface area contributed by atoms with Crippen LogP contribution in [0.5, 0.6) is 0 Å². The minimum Gasteiger partial charge on any atom is -0.297 e. The van der Waals surface area contributed by atoms with Crippen LogP contribution in [0.15, 0.2) is 34.7 Å². The third-order valence-electron chi connectivity index (χ3n) is 4.09. The van der Waals surface area contributed by atoms with Crippen molar-refractivity contribution in [2.75, 3.05) is 32.7 Å². The van der Waals surface area contributed by atoms with Crippen LogP contribution >= 0.6 is 0 Å². The Morgan fingerprint density at radius 3 is 2.42 bits per heavy atom. The van der Waals surface area contributed by atoms with Crippen LogP contribution in [0.25, 0.3) is 0 Å². The molecule has 1 aromatic rings. The molecule has 0 saturated carbocycles. The Balaban J connectivity index is 2.16. The molecule has 2 rings (SSSR count). The highest BCUT2D eigenvalue weighted by Gasteiger charge is 2.30. The van der Waals surface area contributed by atoms with Gasteiger partial charge in [-0.2, -0.15) is 4.31 Å². The van der Waals surface area contributed by atoms with Gasteiger partial charge in [0.25, 0.3) is 5.69 Å². The normalized spacial score (nSPS) is 16.8. The van der Waals surface area contributed by atoms with E-state index in [0.717, 1.165) is 12.6 Å². The van der Waals surface area contributed by atoms with E-state index in [1.165, 1.54) is 22.0 Å². The topological polar surface area (TPSA) is 83.8 Å². The summed E-state index contributed by atoms with van der Waals surface area (Å²) in [6, 6.07) is 3.96. The molecule has 1 heterocycles. The number of nitro groups is 1. The molecule has 0 atom stereocenters. The van der Waals surface area contributed by atoms with Gasteiger partial charge >= 0.3 is 0 Å². The first-order chi connectivity index (χ1) is 11.2. The van der Waals surface area contributed by atoms with E-state index < -0.39 is 14.9 Å². The Bertz CT molecular complexity index is 747. The molecule has 0 aliphatic carbocycles. The molecule has 24 heavy (non-hydrogen) atoms. The molecule has 1 fully saturated rings. The zero-order valence-electron chi connectivity index (χ0n) is 14.2. The van der Waals surface area contributed by atoms with E-state index in [1.54, 1.807) is 6.92 Å². The molecule has 0 radical (unpaired) electrons. The fourth-order valence-corrected chi connectivity index (χ4v) is 4.25. The number of aryl methyl sites for hydroxylation is 1. The summed E-state index contributed by atoms with van der Waals surface area (Å²) >= 11 is 0. The maximum Gasteiger partial charge on any atom is 0.270 e. The number of hydrogen-bond donors (Lipinski definition) is 0. The predicted octanol–water partition coefficient (Wildman–Crippen LogP) is 2.18. The molecule has 1 aliphatic heterocycles. The molecule has 0 unspecified atom stereocenters. The number of rotatable bonds is 5. The molecule has 8 heteroatoms. The maximum atomic E-state index is 12.8. The first kappa shape index (κ1) is 18.6. The van der Waals surface area contributed by atoms with Crippen LogP contribution in [0.4, 0.5) is 5.69 Å². The zero-order valence-corrected chi connectivity index (χ0v) is 15.0. The number of allylic oxidation sites excluding steroid dienone is 1. The average Bonchev–Trinajstić information content (AvgIpc) is 2.53. The molecule has 0 N–H and O–H groups in total.